The van der Waals surface area contributed by atoms with Crippen LogP contribution in [0.15, 0.2) is 35.5 Å². The van der Waals surface area contributed by atoms with Gasteiger partial charge in [0.05, 0.1) is 16.8 Å². The molecule has 3 N–H and O–H groups in total. The third kappa shape index (κ3) is 3.71. The van der Waals surface area contributed by atoms with Crippen molar-refractivity contribution in [2.45, 2.75) is 18.9 Å². The summed E-state index contributed by atoms with van der Waals surface area (Å²) in [7, 11) is 5.38. The molecule has 1 aromatic carbocycles. The number of likely N-dealkylation sites (tertiary alicyclic amines) is 1. The molecule has 42 heavy (non-hydrogen) atoms. The van der Waals surface area contributed by atoms with Crippen LogP contribution in [-0.4, -0.2) is 77.4 Å². The van der Waals surface area contributed by atoms with Crippen molar-refractivity contribution in [2.24, 2.45) is 5.92 Å². The summed E-state index contributed by atoms with van der Waals surface area (Å²) in [6.07, 6.45) is 5.89. The van der Waals surface area contributed by atoms with Crippen LogP contribution in [0, 0.1) is 17.6 Å². The van der Waals surface area contributed by atoms with E-state index in [4.69, 9.17) is 4.98 Å². The van der Waals surface area contributed by atoms with Crippen LogP contribution in [0.4, 0.5) is 20.2 Å². The number of aromatic nitrogens is 3. The molecule has 2 fully saturated rings. The van der Waals surface area contributed by atoms with Gasteiger partial charge in [-0.1, -0.05) is 0 Å². The number of carboxylic acid groups (broad SMARTS) is 1. The van der Waals surface area contributed by atoms with Gasteiger partial charge in [0.1, 0.15) is 5.56 Å². The van der Waals surface area contributed by atoms with Crippen LogP contribution in [0.1, 0.15) is 28.0 Å². The summed E-state index contributed by atoms with van der Waals surface area (Å²) in [5, 5.41) is 12.8. The fourth-order valence-electron chi connectivity index (χ4n) is 7.01. The van der Waals surface area contributed by atoms with E-state index in [1.165, 1.54) is 16.9 Å². The first-order valence-electron chi connectivity index (χ1n) is 13.8. The van der Waals surface area contributed by atoms with Crippen LogP contribution in [0.2, 0.25) is 0 Å². The summed E-state index contributed by atoms with van der Waals surface area (Å²) in [5.41, 5.74) is 6.46. The normalized spacial score (nSPS) is 19.2. The first-order chi connectivity index (χ1) is 20.2. The van der Waals surface area contributed by atoms with Gasteiger partial charge in [-0.3, -0.25) is 9.78 Å². The molecule has 1 unspecified atom stereocenters. The molecule has 12 heteroatoms. The smallest absolute Gasteiger partial charge is 0.341 e. The Balaban J connectivity index is 1.50. The van der Waals surface area contributed by atoms with E-state index in [0.717, 1.165) is 25.2 Å². The lowest BCUT2D eigenvalue weighted by molar-refractivity contribution is 0.0695. The van der Waals surface area contributed by atoms with Crippen LogP contribution in [0.5, 0.6) is 0 Å². The number of carboxylic acids is 1. The highest BCUT2D eigenvalue weighted by atomic mass is 19.2. The zero-order valence-electron chi connectivity index (χ0n) is 23.3. The van der Waals surface area contributed by atoms with Crippen molar-refractivity contribution in [3.8, 4) is 22.3 Å². The monoisotopic (exact) mass is 573 g/mol. The molecule has 4 aromatic rings. The second-order valence-corrected chi connectivity index (χ2v) is 11.2. The number of hydrogen-bond donors (Lipinski definition) is 3. The number of fused-ring (bicyclic) bond motifs is 5. The van der Waals surface area contributed by atoms with Gasteiger partial charge in [0.2, 0.25) is 5.43 Å². The minimum Gasteiger partial charge on any atom is -0.477 e. The van der Waals surface area contributed by atoms with Crippen LogP contribution < -0.4 is 21.1 Å². The van der Waals surface area contributed by atoms with Gasteiger partial charge in [-0.15, -0.1) is 0 Å². The first kappa shape index (κ1) is 26.3. The molecule has 0 bridgehead atoms. The molecule has 2 atom stereocenters. The maximum atomic E-state index is 15.7. The minimum absolute atomic E-state index is 0.112. The van der Waals surface area contributed by atoms with Crippen molar-refractivity contribution in [3.63, 3.8) is 0 Å². The van der Waals surface area contributed by atoms with E-state index in [9.17, 15) is 19.1 Å². The van der Waals surface area contributed by atoms with Crippen molar-refractivity contribution in [1.82, 2.24) is 19.5 Å². The van der Waals surface area contributed by atoms with Crippen molar-refractivity contribution in [1.29, 1.82) is 0 Å². The Morgan fingerprint density at radius 3 is 2.64 bits per heavy atom. The predicted octanol–water partition coefficient (Wildman–Crippen LogP) is 3.36. The number of carbonyl (C=O) groups is 1. The maximum absolute atomic E-state index is 15.7. The number of nitrogens with zero attached hydrogens (tertiary/aromatic N) is 5. The van der Waals surface area contributed by atoms with Gasteiger partial charge in [-0.2, -0.15) is 0 Å². The molecular formula is C30H29F2N7O3. The van der Waals surface area contributed by atoms with Crippen molar-refractivity contribution in [2.75, 3.05) is 56.4 Å². The minimum atomic E-state index is -1.35. The lowest BCUT2D eigenvalue weighted by Gasteiger charge is -2.27. The molecule has 0 spiro atoms. The van der Waals surface area contributed by atoms with Gasteiger partial charge in [-0.25, -0.2) is 23.2 Å². The largest absolute Gasteiger partial charge is 0.477 e. The van der Waals surface area contributed by atoms with E-state index in [-0.39, 0.29) is 16.6 Å². The number of pyridine rings is 3. The fraction of sp³-hybridized carbons (Fsp3) is 0.333. The molecule has 3 aromatic heterocycles. The second-order valence-electron chi connectivity index (χ2n) is 11.2. The van der Waals surface area contributed by atoms with Crippen LogP contribution in [0.3, 0.4) is 0 Å². The Morgan fingerprint density at radius 1 is 1.12 bits per heavy atom. The molecule has 2 aliphatic heterocycles. The van der Waals surface area contributed by atoms with E-state index in [1.807, 2.05) is 0 Å². The van der Waals surface area contributed by atoms with E-state index < -0.39 is 28.6 Å². The van der Waals surface area contributed by atoms with Gasteiger partial charge >= 0.3 is 5.97 Å². The lowest BCUT2D eigenvalue weighted by atomic mass is 9.97. The first-order valence-corrected chi connectivity index (χ1v) is 13.8. The third-order valence-electron chi connectivity index (χ3n) is 9.09. The highest BCUT2D eigenvalue weighted by Gasteiger charge is 2.42. The average molecular weight is 574 g/mol. The van der Waals surface area contributed by atoms with E-state index >= 15 is 4.39 Å². The van der Waals surface area contributed by atoms with E-state index in [2.05, 4.69) is 32.6 Å². The Kier molecular flexibility index (Phi) is 5.94. The van der Waals surface area contributed by atoms with Crippen LogP contribution in [-0.2, 0) is 6.42 Å². The summed E-state index contributed by atoms with van der Waals surface area (Å²) >= 11 is 0. The van der Waals surface area contributed by atoms with Crippen LogP contribution >= 0.6 is 0 Å². The molecule has 0 saturated carbocycles. The number of aromatic carboxylic acids is 1. The Hall–Kier alpha value is -4.58. The highest BCUT2D eigenvalue weighted by molar-refractivity contribution is 5.98. The Morgan fingerprint density at radius 2 is 1.93 bits per heavy atom. The van der Waals surface area contributed by atoms with Gasteiger partial charge in [0.15, 0.2) is 17.3 Å². The fourth-order valence-corrected chi connectivity index (χ4v) is 7.01. The predicted molar refractivity (Wildman–Crippen MR) is 156 cm³/mol. The van der Waals surface area contributed by atoms with Gasteiger partial charge in [0, 0.05) is 92.2 Å². The van der Waals surface area contributed by atoms with Crippen LogP contribution in [0.25, 0.3) is 33.3 Å². The molecular weight excluding hydrogens is 544 g/mol. The summed E-state index contributed by atoms with van der Waals surface area (Å²) in [6.45, 7) is 2.45. The molecule has 7 rings (SSSR count). The molecule has 3 aliphatic rings. The maximum Gasteiger partial charge on any atom is 0.341 e. The Bertz CT molecular complexity index is 1870. The van der Waals surface area contributed by atoms with Crippen molar-refractivity contribution < 1.29 is 18.7 Å². The second kappa shape index (κ2) is 9.48. The number of nitrogens with one attached hydrogen (secondary N) is 2. The molecule has 0 radical (unpaired) electrons. The van der Waals surface area contributed by atoms with Crippen molar-refractivity contribution >= 4 is 28.4 Å². The van der Waals surface area contributed by atoms with E-state index in [1.54, 1.807) is 32.6 Å². The molecule has 10 nitrogen and oxygen atoms in total. The summed E-state index contributed by atoms with van der Waals surface area (Å²) < 4.78 is 32.0. The molecule has 1 aliphatic carbocycles. The molecule has 0 amide bonds. The number of anilines is 2. The Labute approximate surface area is 239 Å². The number of likely N-dealkylation sites (N-methyl/N-ethyl adjacent to an activating group) is 1. The highest BCUT2D eigenvalue weighted by Crippen LogP contribution is 2.51. The number of halogens is 2. The third-order valence-corrected chi connectivity index (χ3v) is 9.09. The summed E-state index contributed by atoms with van der Waals surface area (Å²) in [5.74, 6) is -2.78. The zero-order chi connectivity index (χ0) is 29.4. The lowest BCUT2D eigenvalue weighted by Crippen LogP contribution is -2.32. The summed E-state index contributed by atoms with van der Waals surface area (Å²) in [6, 6.07) is 3.11. The van der Waals surface area contributed by atoms with Gasteiger partial charge < -0.3 is 25.6 Å². The van der Waals surface area contributed by atoms with E-state index in [0.29, 0.717) is 58.6 Å². The molecule has 2 saturated heterocycles. The standard InChI is InChI=1S/C30H29F2N7O3/c1-33-21-8-20(31)26(32)24-16(21)7-22-25(24)27(38-11-14-4-5-37(3)23(14)13-38)18(10-35-22)15-6-17-28(40)19(30(41)42)12-39(34-2)29(17)36-9-15/h6,8-10,12,14,23,33-34H,4-5,7,11,13H2,1-3H3,(H,41,42)/t14-,23?/m1/s1. The zero-order valence-corrected chi connectivity index (χ0v) is 23.3. The topological polar surface area (TPSA) is 116 Å². The number of hydrogen-bond acceptors (Lipinski definition) is 8. The quantitative estimate of drug-likeness (QED) is 0.291. The summed E-state index contributed by atoms with van der Waals surface area (Å²) in [4.78, 5) is 38.9. The average Bonchev–Trinajstić information content (AvgIpc) is 3.68. The molecule has 216 valence electrons. The van der Waals surface area contributed by atoms with Gasteiger partial charge in [0.25, 0.3) is 0 Å². The van der Waals surface area contributed by atoms with Crippen molar-refractivity contribution in [3.05, 3.63) is 69.4 Å². The number of benzene rings is 1. The SMILES string of the molecule is CNc1cc(F)c(F)c2c1Cc1ncc(-c3cnc4c(c3)c(=O)c(C(=O)O)cn4NC)c(N3CC4[C@H](CCN4C)C3)c1-2. The molecule has 5 heterocycles. The van der Waals surface area contributed by atoms with Gasteiger partial charge in [-0.05, 0) is 37.6 Å². The number of rotatable bonds is 5.